The summed E-state index contributed by atoms with van der Waals surface area (Å²) in [6.07, 6.45) is 2.25. The highest BCUT2D eigenvalue weighted by molar-refractivity contribution is 14.0. The normalized spacial score (nSPS) is 12.6. The Balaban J connectivity index is 0.00000784. The third kappa shape index (κ3) is 13.4. The molecular weight excluding hydrogens is 479 g/mol. The minimum absolute atomic E-state index is 0. The van der Waals surface area contributed by atoms with Gasteiger partial charge in [-0.25, -0.2) is 4.99 Å². The van der Waals surface area contributed by atoms with Gasteiger partial charge in [0.2, 0.25) is 0 Å². The van der Waals surface area contributed by atoms with Crippen molar-refractivity contribution in [2.24, 2.45) is 10.4 Å². The summed E-state index contributed by atoms with van der Waals surface area (Å²) in [6, 6.07) is 8.06. The predicted octanol–water partition coefficient (Wildman–Crippen LogP) is 4.09. The zero-order valence-electron chi connectivity index (χ0n) is 18.8. The lowest BCUT2D eigenvalue weighted by molar-refractivity contribution is -0.122. The van der Waals surface area contributed by atoms with E-state index in [-0.39, 0.29) is 36.5 Å². The molecular formula is C22H39IN4O2. The summed E-state index contributed by atoms with van der Waals surface area (Å²) in [6.45, 7) is 14.9. The van der Waals surface area contributed by atoms with E-state index in [9.17, 15) is 4.79 Å². The van der Waals surface area contributed by atoms with Crippen LogP contribution in [0.2, 0.25) is 0 Å². The molecule has 6 nitrogen and oxygen atoms in total. The largest absolute Gasteiger partial charge is 0.484 e. The van der Waals surface area contributed by atoms with Crippen LogP contribution in [0.15, 0.2) is 29.3 Å². The fourth-order valence-corrected chi connectivity index (χ4v) is 2.58. The van der Waals surface area contributed by atoms with Crippen molar-refractivity contribution in [3.63, 3.8) is 0 Å². The smallest absolute Gasteiger partial charge is 0.257 e. The fraction of sp³-hybridized carbons (Fsp3) is 0.636. The fourth-order valence-electron chi connectivity index (χ4n) is 2.58. The Morgan fingerprint density at radius 2 is 1.86 bits per heavy atom. The number of rotatable bonds is 10. The van der Waals surface area contributed by atoms with Crippen LogP contribution in [0.5, 0.6) is 5.75 Å². The zero-order chi connectivity index (χ0) is 21.0. The highest BCUT2D eigenvalue weighted by Crippen LogP contribution is 2.21. The van der Waals surface area contributed by atoms with Gasteiger partial charge in [0.05, 0.1) is 6.54 Å². The van der Waals surface area contributed by atoms with Gasteiger partial charge in [-0.05, 0) is 56.7 Å². The van der Waals surface area contributed by atoms with E-state index < -0.39 is 0 Å². The Bertz CT molecular complexity index is 629. The Hall–Kier alpha value is -1.51. The number of carbonyl (C=O) groups is 1. The second kappa shape index (κ2) is 14.5. The van der Waals surface area contributed by atoms with Crippen LogP contribution in [-0.4, -0.2) is 37.6 Å². The van der Waals surface area contributed by atoms with Crippen LogP contribution in [0.1, 0.15) is 59.9 Å². The Labute approximate surface area is 193 Å². The van der Waals surface area contributed by atoms with Gasteiger partial charge in [-0.1, -0.05) is 32.9 Å². The van der Waals surface area contributed by atoms with Crippen LogP contribution in [0.25, 0.3) is 0 Å². The topological polar surface area (TPSA) is 74.8 Å². The van der Waals surface area contributed by atoms with Crippen LogP contribution in [0.3, 0.4) is 0 Å². The summed E-state index contributed by atoms with van der Waals surface area (Å²) in [5, 5.41) is 9.51. The SMILES string of the molecule is CCNC(=O)COc1cccc(CN=C(NCC)NC(C)CCC(C)(C)C)c1.I. The number of ether oxygens (including phenoxy) is 1. The maximum atomic E-state index is 11.5. The van der Waals surface area contributed by atoms with E-state index >= 15 is 0 Å². The molecule has 0 saturated heterocycles. The second-order valence-corrected chi connectivity index (χ2v) is 8.23. The van der Waals surface area contributed by atoms with E-state index in [4.69, 9.17) is 9.73 Å². The molecule has 0 spiro atoms. The van der Waals surface area contributed by atoms with Crippen LogP contribution in [0.4, 0.5) is 0 Å². The molecule has 1 unspecified atom stereocenters. The van der Waals surface area contributed by atoms with Crippen LogP contribution in [-0.2, 0) is 11.3 Å². The molecule has 1 aromatic rings. The molecule has 166 valence electrons. The number of hydrogen-bond donors (Lipinski definition) is 3. The van der Waals surface area contributed by atoms with E-state index in [2.05, 4.69) is 50.6 Å². The van der Waals surface area contributed by atoms with E-state index in [0.717, 1.165) is 30.9 Å². The van der Waals surface area contributed by atoms with Crippen molar-refractivity contribution >= 4 is 35.8 Å². The molecule has 0 aliphatic heterocycles. The first-order chi connectivity index (χ1) is 13.2. The molecule has 7 heteroatoms. The van der Waals surface area contributed by atoms with Gasteiger partial charge in [-0.2, -0.15) is 0 Å². The van der Waals surface area contributed by atoms with E-state index in [0.29, 0.717) is 30.3 Å². The molecule has 0 radical (unpaired) electrons. The van der Waals surface area contributed by atoms with Gasteiger partial charge >= 0.3 is 0 Å². The number of hydrogen-bond acceptors (Lipinski definition) is 3. The quantitative estimate of drug-likeness (QED) is 0.248. The van der Waals surface area contributed by atoms with Gasteiger partial charge < -0.3 is 20.7 Å². The first-order valence-electron chi connectivity index (χ1n) is 10.3. The van der Waals surface area contributed by atoms with Gasteiger partial charge in [0.15, 0.2) is 12.6 Å². The highest BCUT2D eigenvalue weighted by atomic mass is 127. The van der Waals surface area contributed by atoms with Crippen LogP contribution >= 0.6 is 24.0 Å². The van der Waals surface area contributed by atoms with Crippen molar-refractivity contribution in [2.45, 2.75) is 67.0 Å². The Morgan fingerprint density at radius 1 is 1.17 bits per heavy atom. The molecule has 0 bridgehead atoms. The molecule has 1 atom stereocenters. The number of aliphatic imine (C=N–C) groups is 1. The zero-order valence-corrected chi connectivity index (χ0v) is 21.1. The summed E-state index contributed by atoms with van der Waals surface area (Å²) >= 11 is 0. The Morgan fingerprint density at radius 3 is 2.48 bits per heavy atom. The number of benzene rings is 1. The maximum absolute atomic E-state index is 11.5. The predicted molar refractivity (Wildman–Crippen MR) is 132 cm³/mol. The average molecular weight is 518 g/mol. The number of halogens is 1. The van der Waals surface area contributed by atoms with E-state index in [1.54, 1.807) is 0 Å². The number of nitrogens with zero attached hydrogens (tertiary/aromatic N) is 1. The molecule has 0 saturated carbocycles. The standard InChI is InChI=1S/C22H38N4O2.HI/c1-7-23-20(27)16-28-19-11-9-10-18(14-19)15-25-21(24-8-2)26-17(3)12-13-22(4,5)6;/h9-11,14,17H,7-8,12-13,15-16H2,1-6H3,(H,23,27)(H2,24,25,26);1H. The van der Waals surface area contributed by atoms with E-state index in [1.165, 1.54) is 0 Å². The maximum Gasteiger partial charge on any atom is 0.257 e. The molecule has 1 aromatic carbocycles. The number of likely N-dealkylation sites (N-methyl/N-ethyl adjacent to an activating group) is 1. The third-order valence-electron chi connectivity index (χ3n) is 4.12. The monoisotopic (exact) mass is 518 g/mol. The van der Waals surface area contributed by atoms with Crippen LogP contribution < -0.4 is 20.7 Å². The molecule has 0 heterocycles. The lowest BCUT2D eigenvalue weighted by Crippen LogP contribution is -2.42. The van der Waals surface area contributed by atoms with Gasteiger partial charge in [0, 0.05) is 19.1 Å². The van der Waals surface area contributed by atoms with Crippen molar-refractivity contribution in [3.05, 3.63) is 29.8 Å². The van der Waals surface area contributed by atoms with Crippen molar-refractivity contribution < 1.29 is 9.53 Å². The molecule has 3 N–H and O–H groups in total. The minimum atomic E-state index is -0.117. The average Bonchev–Trinajstić information content (AvgIpc) is 2.63. The number of carbonyl (C=O) groups excluding carboxylic acids is 1. The summed E-state index contributed by atoms with van der Waals surface area (Å²) in [5.74, 6) is 1.38. The third-order valence-corrected chi connectivity index (χ3v) is 4.12. The molecule has 0 aliphatic carbocycles. The number of nitrogens with one attached hydrogen (secondary N) is 3. The van der Waals surface area contributed by atoms with Crippen LogP contribution in [0, 0.1) is 5.41 Å². The van der Waals surface area contributed by atoms with Gasteiger partial charge in [-0.15, -0.1) is 24.0 Å². The lowest BCUT2D eigenvalue weighted by Gasteiger charge is -2.23. The molecule has 0 aromatic heterocycles. The first-order valence-corrected chi connectivity index (χ1v) is 10.3. The van der Waals surface area contributed by atoms with Gasteiger partial charge in [0.1, 0.15) is 5.75 Å². The molecule has 1 rings (SSSR count). The molecule has 0 aliphatic rings. The molecule has 1 amide bonds. The minimum Gasteiger partial charge on any atom is -0.484 e. The van der Waals surface area contributed by atoms with Crippen molar-refractivity contribution in [3.8, 4) is 5.75 Å². The van der Waals surface area contributed by atoms with Gasteiger partial charge in [-0.3, -0.25) is 4.79 Å². The first kappa shape index (κ1) is 27.5. The highest BCUT2D eigenvalue weighted by Gasteiger charge is 2.13. The van der Waals surface area contributed by atoms with Crippen molar-refractivity contribution in [2.75, 3.05) is 19.7 Å². The lowest BCUT2D eigenvalue weighted by atomic mass is 9.89. The number of amides is 1. The van der Waals surface area contributed by atoms with E-state index in [1.807, 2.05) is 31.2 Å². The molecule has 0 fully saturated rings. The summed E-state index contributed by atoms with van der Waals surface area (Å²) in [7, 11) is 0. The van der Waals surface area contributed by atoms with Crippen molar-refractivity contribution in [1.29, 1.82) is 0 Å². The summed E-state index contributed by atoms with van der Waals surface area (Å²) in [5.41, 5.74) is 1.37. The van der Waals surface area contributed by atoms with Crippen molar-refractivity contribution in [1.82, 2.24) is 16.0 Å². The second-order valence-electron chi connectivity index (χ2n) is 8.23. The number of guanidine groups is 1. The van der Waals surface area contributed by atoms with Gasteiger partial charge in [0.25, 0.3) is 5.91 Å². The summed E-state index contributed by atoms with van der Waals surface area (Å²) in [4.78, 5) is 16.2. The molecule has 29 heavy (non-hydrogen) atoms. The Kier molecular flexibility index (Phi) is 13.7. The summed E-state index contributed by atoms with van der Waals surface area (Å²) < 4.78 is 5.55.